The van der Waals surface area contributed by atoms with Crippen LogP contribution in [0.4, 0.5) is 0 Å². The van der Waals surface area contributed by atoms with Crippen molar-refractivity contribution in [1.29, 1.82) is 0 Å². The van der Waals surface area contributed by atoms with Crippen molar-refractivity contribution in [3.8, 4) is 17.0 Å². The Kier molecular flexibility index (Phi) is 4.67. The molecule has 0 fully saturated rings. The first-order chi connectivity index (χ1) is 12.0. The molecule has 3 heteroatoms. The number of allylic oxidation sites excluding steroid dienone is 2. The minimum Gasteiger partial charge on any atom is -0.497 e. The predicted molar refractivity (Wildman–Crippen MR) is 105 cm³/mol. The molecule has 0 atom stereocenters. The van der Waals surface area contributed by atoms with Gasteiger partial charge in [0.15, 0.2) is 0 Å². The van der Waals surface area contributed by atoms with E-state index in [1.165, 1.54) is 27.8 Å². The van der Waals surface area contributed by atoms with Crippen LogP contribution in [0.5, 0.6) is 5.75 Å². The van der Waals surface area contributed by atoms with Crippen LogP contribution in [-0.4, -0.2) is 16.7 Å². The maximum Gasteiger partial charge on any atom is 0.119 e. The highest BCUT2D eigenvalue weighted by molar-refractivity contribution is 5.81. The minimum absolute atomic E-state index is 0.875. The van der Waals surface area contributed by atoms with Crippen LogP contribution in [0.1, 0.15) is 42.7 Å². The van der Waals surface area contributed by atoms with Crippen molar-refractivity contribution in [3.63, 3.8) is 0 Å². The molecule has 0 saturated carbocycles. The highest BCUT2D eigenvalue weighted by atomic mass is 16.5. The zero-order valence-corrected chi connectivity index (χ0v) is 16.0. The van der Waals surface area contributed by atoms with Gasteiger partial charge >= 0.3 is 0 Å². The number of nitrogens with zero attached hydrogens (tertiary/aromatic N) is 2. The van der Waals surface area contributed by atoms with Gasteiger partial charge in [0.25, 0.3) is 0 Å². The topological polar surface area (TPSA) is 26.5 Å². The lowest BCUT2D eigenvalue weighted by molar-refractivity contribution is 0.414. The van der Waals surface area contributed by atoms with E-state index in [4.69, 9.17) is 9.84 Å². The van der Waals surface area contributed by atoms with Crippen LogP contribution in [0.25, 0.3) is 22.3 Å². The quantitative estimate of drug-likeness (QED) is 0.607. The van der Waals surface area contributed by atoms with E-state index >= 15 is 0 Å². The van der Waals surface area contributed by atoms with Crippen molar-refractivity contribution in [1.82, 2.24) is 9.61 Å². The number of methoxy groups -OCH3 is 1. The van der Waals surface area contributed by atoms with E-state index in [2.05, 4.69) is 69.5 Å². The predicted octanol–water partition coefficient (Wildman–Crippen LogP) is 5.75. The number of hydrogen-bond donors (Lipinski definition) is 0. The molecule has 0 unspecified atom stereocenters. The lowest BCUT2D eigenvalue weighted by Gasteiger charge is -2.12. The largest absolute Gasteiger partial charge is 0.497 e. The summed E-state index contributed by atoms with van der Waals surface area (Å²) in [5.41, 5.74) is 9.52. The van der Waals surface area contributed by atoms with Crippen molar-refractivity contribution in [2.24, 2.45) is 0 Å². The number of aryl methyl sites for hydroxylation is 3. The van der Waals surface area contributed by atoms with Gasteiger partial charge < -0.3 is 4.74 Å². The molecule has 25 heavy (non-hydrogen) atoms. The van der Waals surface area contributed by atoms with Gasteiger partial charge in [-0.05, 0) is 81.1 Å². The third-order valence-corrected chi connectivity index (χ3v) is 4.88. The highest BCUT2D eigenvalue weighted by Gasteiger charge is 2.15. The molecule has 3 aromatic rings. The average molecular weight is 334 g/mol. The molecule has 0 amide bonds. The fourth-order valence-corrected chi connectivity index (χ4v) is 3.47. The molecule has 130 valence electrons. The van der Waals surface area contributed by atoms with Gasteiger partial charge in [0.1, 0.15) is 5.75 Å². The Morgan fingerprint density at radius 1 is 1.12 bits per heavy atom. The van der Waals surface area contributed by atoms with Crippen molar-refractivity contribution in [2.45, 2.75) is 41.0 Å². The van der Waals surface area contributed by atoms with Gasteiger partial charge in [0.2, 0.25) is 0 Å². The summed E-state index contributed by atoms with van der Waals surface area (Å²) in [7, 11) is 1.70. The number of aromatic nitrogens is 2. The zero-order valence-electron chi connectivity index (χ0n) is 16.0. The van der Waals surface area contributed by atoms with E-state index in [1.54, 1.807) is 7.11 Å². The number of rotatable bonds is 4. The highest BCUT2D eigenvalue weighted by Crippen LogP contribution is 2.32. The Bertz CT molecular complexity index is 964. The lowest BCUT2D eigenvalue weighted by Crippen LogP contribution is -2.00. The van der Waals surface area contributed by atoms with Crippen molar-refractivity contribution in [2.75, 3.05) is 7.11 Å². The minimum atomic E-state index is 0.875. The SMILES string of the molecule is CC=C(CC)c1cc(C)n2nc(-c3ccc(OC)cc3C)c(C)cc12. The Morgan fingerprint density at radius 2 is 1.88 bits per heavy atom. The van der Waals surface area contributed by atoms with Crippen LogP contribution < -0.4 is 4.74 Å². The van der Waals surface area contributed by atoms with Crippen LogP contribution >= 0.6 is 0 Å². The van der Waals surface area contributed by atoms with Gasteiger partial charge in [-0.25, -0.2) is 4.52 Å². The maximum absolute atomic E-state index is 5.33. The van der Waals surface area contributed by atoms with Gasteiger partial charge in [0.05, 0.1) is 18.3 Å². The summed E-state index contributed by atoms with van der Waals surface area (Å²) in [5, 5.41) is 4.98. The van der Waals surface area contributed by atoms with Gasteiger partial charge in [0, 0.05) is 16.8 Å². The molecule has 0 bridgehead atoms. The molecule has 3 nitrogen and oxygen atoms in total. The van der Waals surface area contributed by atoms with Gasteiger partial charge in [-0.3, -0.25) is 0 Å². The van der Waals surface area contributed by atoms with Crippen LogP contribution in [0.3, 0.4) is 0 Å². The van der Waals surface area contributed by atoms with E-state index in [1.807, 2.05) is 6.07 Å². The third kappa shape index (κ3) is 2.95. The Morgan fingerprint density at radius 3 is 2.48 bits per heavy atom. The first-order valence-electron chi connectivity index (χ1n) is 8.80. The molecule has 0 N–H and O–H groups in total. The van der Waals surface area contributed by atoms with E-state index in [-0.39, 0.29) is 0 Å². The second kappa shape index (κ2) is 6.75. The molecule has 2 aromatic heterocycles. The monoisotopic (exact) mass is 334 g/mol. The van der Waals surface area contributed by atoms with Crippen LogP contribution in [0.15, 0.2) is 36.4 Å². The Hall–Kier alpha value is -2.55. The smallest absolute Gasteiger partial charge is 0.119 e. The van der Waals surface area contributed by atoms with Crippen molar-refractivity contribution >= 4 is 11.1 Å². The van der Waals surface area contributed by atoms with E-state index < -0.39 is 0 Å². The summed E-state index contributed by atoms with van der Waals surface area (Å²) in [6, 6.07) is 10.7. The summed E-state index contributed by atoms with van der Waals surface area (Å²) >= 11 is 0. The number of hydrogen-bond acceptors (Lipinski definition) is 2. The summed E-state index contributed by atoms with van der Waals surface area (Å²) < 4.78 is 7.40. The second-order valence-electron chi connectivity index (χ2n) is 6.52. The fraction of sp³-hybridized carbons (Fsp3) is 0.318. The molecule has 0 spiro atoms. The molecular formula is C22H26N2O. The molecule has 0 radical (unpaired) electrons. The summed E-state index contributed by atoms with van der Waals surface area (Å²) in [6.07, 6.45) is 3.22. The molecule has 0 saturated heterocycles. The molecule has 2 heterocycles. The second-order valence-corrected chi connectivity index (χ2v) is 6.52. The summed E-state index contributed by atoms with van der Waals surface area (Å²) in [5.74, 6) is 0.875. The number of ether oxygens (including phenoxy) is 1. The molecule has 1 aromatic carbocycles. The molecule has 0 aliphatic heterocycles. The molecule has 0 aliphatic rings. The van der Waals surface area contributed by atoms with Gasteiger partial charge in [-0.1, -0.05) is 13.0 Å². The zero-order chi connectivity index (χ0) is 18.1. The first-order valence-corrected chi connectivity index (χ1v) is 8.80. The Labute approximate surface area is 150 Å². The van der Waals surface area contributed by atoms with Crippen molar-refractivity contribution < 1.29 is 4.74 Å². The normalized spacial score (nSPS) is 12.0. The summed E-state index contributed by atoms with van der Waals surface area (Å²) in [6.45, 7) is 10.7. The van der Waals surface area contributed by atoms with Crippen LogP contribution in [-0.2, 0) is 0 Å². The standard InChI is InChI=1S/C22H26N2O/c1-7-17(8-2)20-13-16(5)24-21(20)12-15(4)22(23-24)19-10-9-18(25-6)11-14(19)3/h7,9-13H,8H2,1-6H3. The third-order valence-electron chi connectivity index (χ3n) is 4.88. The average Bonchev–Trinajstić information content (AvgIpc) is 2.91. The number of benzene rings is 1. The van der Waals surface area contributed by atoms with E-state index in [0.717, 1.165) is 29.1 Å². The van der Waals surface area contributed by atoms with E-state index in [0.29, 0.717) is 0 Å². The summed E-state index contributed by atoms with van der Waals surface area (Å²) in [4.78, 5) is 0. The molecule has 0 aliphatic carbocycles. The van der Waals surface area contributed by atoms with E-state index in [9.17, 15) is 0 Å². The molecular weight excluding hydrogens is 308 g/mol. The van der Waals surface area contributed by atoms with Crippen molar-refractivity contribution in [3.05, 3.63) is 58.8 Å². The van der Waals surface area contributed by atoms with Gasteiger partial charge in [-0.15, -0.1) is 0 Å². The van der Waals surface area contributed by atoms with Gasteiger partial charge in [-0.2, -0.15) is 5.10 Å². The maximum atomic E-state index is 5.33. The van der Waals surface area contributed by atoms with Crippen LogP contribution in [0.2, 0.25) is 0 Å². The Balaban J connectivity index is 2.23. The number of fused-ring (bicyclic) bond motifs is 1. The molecule has 3 rings (SSSR count). The first kappa shape index (κ1) is 17.3. The fourth-order valence-electron chi connectivity index (χ4n) is 3.47. The van der Waals surface area contributed by atoms with Crippen LogP contribution in [0, 0.1) is 20.8 Å². The lowest BCUT2D eigenvalue weighted by atomic mass is 10.0.